The second kappa shape index (κ2) is 4.77. The van der Waals surface area contributed by atoms with Gasteiger partial charge in [0.2, 0.25) is 0 Å². The first-order valence-corrected chi connectivity index (χ1v) is 6.23. The number of carbonyl (C=O) groups is 1. The van der Waals surface area contributed by atoms with Gasteiger partial charge in [-0.2, -0.15) is 5.10 Å². The van der Waals surface area contributed by atoms with Crippen LogP contribution >= 0.6 is 0 Å². The van der Waals surface area contributed by atoms with Gasteiger partial charge in [-0.25, -0.2) is 4.39 Å². The number of amides is 1. The topological polar surface area (TPSA) is 64.2 Å². The number of rotatable bonds is 3. The molecular weight excluding hydrogens is 247 g/mol. The highest BCUT2D eigenvalue weighted by atomic mass is 19.1. The quantitative estimate of drug-likeness (QED) is 0.900. The zero-order valence-electron chi connectivity index (χ0n) is 11.5. The largest absolute Gasteiger partial charge is 0.328 e. The van der Waals surface area contributed by atoms with Crippen LogP contribution in [0.1, 0.15) is 36.8 Å². The number of nitrogens with zero attached hydrogens (tertiary/aromatic N) is 3. The third kappa shape index (κ3) is 2.40. The first-order valence-electron chi connectivity index (χ1n) is 6.23. The zero-order valence-corrected chi connectivity index (χ0v) is 11.5. The van der Waals surface area contributed by atoms with Crippen LogP contribution in [-0.4, -0.2) is 32.7 Å². The summed E-state index contributed by atoms with van der Waals surface area (Å²) in [6.07, 6.45) is 2.06. The maximum atomic E-state index is 12.6. The number of nitrogens with two attached hydrogens (primary N) is 1. The molecule has 0 spiro atoms. The molecular formula is C13H19FN4O. The molecule has 0 fully saturated rings. The molecule has 2 N–H and O–H groups in total. The maximum absolute atomic E-state index is 12.6. The summed E-state index contributed by atoms with van der Waals surface area (Å²) in [4.78, 5) is 14.0. The Hall–Kier alpha value is -1.69. The minimum Gasteiger partial charge on any atom is -0.328 e. The van der Waals surface area contributed by atoms with Gasteiger partial charge < -0.3 is 10.6 Å². The summed E-state index contributed by atoms with van der Waals surface area (Å²) in [6, 6.07) is 0. The van der Waals surface area contributed by atoms with Gasteiger partial charge in [0.1, 0.15) is 0 Å². The molecule has 6 heteroatoms. The van der Waals surface area contributed by atoms with E-state index in [1.807, 2.05) is 20.8 Å². The van der Waals surface area contributed by atoms with Gasteiger partial charge in [-0.3, -0.25) is 9.48 Å². The van der Waals surface area contributed by atoms with Crippen molar-refractivity contribution in [1.29, 1.82) is 0 Å². The van der Waals surface area contributed by atoms with E-state index in [2.05, 4.69) is 5.10 Å². The molecule has 1 aliphatic rings. The third-order valence-corrected chi connectivity index (χ3v) is 3.31. The minimum atomic E-state index is -0.243. The molecule has 0 unspecified atom stereocenters. The average molecular weight is 266 g/mol. The summed E-state index contributed by atoms with van der Waals surface area (Å²) in [5.74, 6) is -0.0210. The van der Waals surface area contributed by atoms with Crippen molar-refractivity contribution in [2.24, 2.45) is 5.73 Å². The Kier molecular flexibility index (Phi) is 3.45. The highest BCUT2D eigenvalue weighted by Gasteiger charge is 2.37. The number of aromatic nitrogens is 2. The van der Waals surface area contributed by atoms with Gasteiger partial charge in [0, 0.05) is 12.1 Å². The van der Waals surface area contributed by atoms with Crippen molar-refractivity contribution in [3.8, 4) is 0 Å². The van der Waals surface area contributed by atoms with Gasteiger partial charge in [0.05, 0.1) is 36.9 Å². The van der Waals surface area contributed by atoms with Crippen LogP contribution in [0.2, 0.25) is 0 Å². The van der Waals surface area contributed by atoms with Gasteiger partial charge in [0.25, 0.3) is 5.91 Å². The molecule has 0 saturated carbocycles. The van der Waals surface area contributed by atoms with Crippen molar-refractivity contribution in [2.45, 2.75) is 39.4 Å². The molecule has 0 bridgehead atoms. The van der Waals surface area contributed by atoms with Crippen LogP contribution < -0.4 is 5.73 Å². The van der Waals surface area contributed by atoms with E-state index in [4.69, 9.17) is 5.73 Å². The van der Waals surface area contributed by atoms with E-state index in [1.165, 1.54) is 0 Å². The number of halogens is 1. The van der Waals surface area contributed by atoms with E-state index in [9.17, 15) is 9.18 Å². The fourth-order valence-corrected chi connectivity index (χ4v) is 2.14. The highest BCUT2D eigenvalue weighted by Crippen LogP contribution is 2.29. The average Bonchev–Trinajstić information content (AvgIpc) is 2.87. The van der Waals surface area contributed by atoms with Crippen molar-refractivity contribution in [2.75, 3.05) is 6.54 Å². The summed E-state index contributed by atoms with van der Waals surface area (Å²) in [6.45, 7) is 6.89. The molecule has 0 aromatic carbocycles. The summed E-state index contributed by atoms with van der Waals surface area (Å²) in [5.41, 5.74) is 7.08. The van der Waals surface area contributed by atoms with Gasteiger partial charge in [-0.15, -0.1) is 0 Å². The summed E-state index contributed by atoms with van der Waals surface area (Å²) >= 11 is 0. The van der Waals surface area contributed by atoms with Gasteiger partial charge in [0.15, 0.2) is 0 Å². The van der Waals surface area contributed by atoms with Crippen LogP contribution in [0.3, 0.4) is 0 Å². The van der Waals surface area contributed by atoms with E-state index in [1.54, 1.807) is 15.8 Å². The molecule has 2 heterocycles. The molecule has 1 aliphatic heterocycles. The zero-order chi connectivity index (χ0) is 14.2. The monoisotopic (exact) mass is 266 g/mol. The maximum Gasteiger partial charge on any atom is 0.258 e. The van der Waals surface area contributed by atoms with Crippen molar-refractivity contribution in [3.63, 3.8) is 0 Å². The molecule has 0 saturated heterocycles. The van der Waals surface area contributed by atoms with E-state index in [0.717, 1.165) is 5.69 Å². The van der Waals surface area contributed by atoms with E-state index in [-0.39, 0.29) is 24.5 Å². The molecule has 0 radical (unpaired) electrons. The minimum absolute atomic E-state index is 0.0210. The number of carbonyl (C=O) groups excluding carboxylic acids is 1. The number of fused-ring (bicyclic) bond motifs is 1. The fourth-order valence-electron chi connectivity index (χ4n) is 2.14. The molecule has 1 amide bonds. The van der Waals surface area contributed by atoms with Crippen LogP contribution in [0.4, 0.5) is 4.39 Å². The molecule has 1 aromatic heterocycles. The second-order valence-corrected chi connectivity index (χ2v) is 5.70. The Balaban J connectivity index is 2.28. The van der Waals surface area contributed by atoms with Crippen LogP contribution in [-0.2, 0) is 13.1 Å². The van der Waals surface area contributed by atoms with Gasteiger partial charge in [-0.1, -0.05) is 0 Å². The highest BCUT2D eigenvalue weighted by molar-refractivity contribution is 5.98. The molecule has 104 valence electrons. The summed E-state index contributed by atoms with van der Waals surface area (Å²) in [5, 5.41) is 4.15. The van der Waals surface area contributed by atoms with E-state index < -0.39 is 0 Å². The predicted octanol–water partition coefficient (Wildman–Crippen LogP) is 1.45. The lowest BCUT2D eigenvalue weighted by atomic mass is 10.1. The van der Waals surface area contributed by atoms with E-state index >= 15 is 0 Å². The SMILES string of the molecule is CC(C)(C)N1Cc2c(cnn2C/C(=C/F)CN)C1=O. The van der Waals surface area contributed by atoms with Crippen molar-refractivity contribution >= 4 is 5.91 Å². The first kappa shape index (κ1) is 13.7. The summed E-state index contributed by atoms with van der Waals surface area (Å²) < 4.78 is 14.2. The summed E-state index contributed by atoms with van der Waals surface area (Å²) in [7, 11) is 0. The third-order valence-electron chi connectivity index (χ3n) is 3.31. The lowest BCUT2D eigenvalue weighted by Gasteiger charge is -2.31. The Labute approximate surface area is 111 Å². The first-order chi connectivity index (χ1) is 8.88. The molecule has 2 rings (SSSR count). The standard InChI is InChI=1S/C13H19FN4O/c1-13(2,3)17-8-11-10(12(17)19)6-16-18(11)7-9(4-14)5-15/h4,6H,5,7-8,15H2,1-3H3/b9-4+. The van der Waals surface area contributed by atoms with Gasteiger partial charge >= 0.3 is 0 Å². The Morgan fingerprint density at radius 3 is 2.79 bits per heavy atom. The van der Waals surface area contributed by atoms with Crippen LogP contribution in [0, 0.1) is 0 Å². The molecule has 0 atom stereocenters. The second-order valence-electron chi connectivity index (χ2n) is 5.70. The van der Waals surface area contributed by atoms with Crippen LogP contribution in [0.5, 0.6) is 0 Å². The molecule has 1 aromatic rings. The van der Waals surface area contributed by atoms with Crippen molar-refractivity contribution in [3.05, 3.63) is 29.4 Å². The lowest BCUT2D eigenvalue weighted by molar-refractivity contribution is 0.0604. The van der Waals surface area contributed by atoms with E-state index in [0.29, 0.717) is 24.0 Å². The fraction of sp³-hybridized carbons (Fsp3) is 0.538. The molecule has 5 nitrogen and oxygen atoms in total. The van der Waals surface area contributed by atoms with Gasteiger partial charge in [-0.05, 0) is 26.3 Å². The molecule has 0 aliphatic carbocycles. The number of hydrogen-bond acceptors (Lipinski definition) is 3. The predicted molar refractivity (Wildman–Crippen MR) is 70.1 cm³/mol. The lowest BCUT2D eigenvalue weighted by Crippen LogP contribution is -2.41. The van der Waals surface area contributed by atoms with Crippen molar-refractivity contribution < 1.29 is 9.18 Å². The van der Waals surface area contributed by atoms with Crippen molar-refractivity contribution in [1.82, 2.24) is 14.7 Å². The number of hydrogen-bond donors (Lipinski definition) is 1. The Bertz CT molecular complexity index is 527. The Morgan fingerprint density at radius 1 is 1.58 bits per heavy atom. The molecule has 19 heavy (non-hydrogen) atoms. The van der Waals surface area contributed by atoms with Crippen LogP contribution in [0.15, 0.2) is 18.1 Å². The Morgan fingerprint density at radius 2 is 2.26 bits per heavy atom. The normalized spacial score (nSPS) is 16.2. The smallest absolute Gasteiger partial charge is 0.258 e. The van der Waals surface area contributed by atoms with Crippen LogP contribution in [0.25, 0.3) is 0 Å².